The predicted octanol–water partition coefficient (Wildman–Crippen LogP) is 6.65. The van der Waals surface area contributed by atoms with E-state index in [-0.39, 0.29) is 16.7 Å². The first kappa shape index (κ1) is 21.4. The number of allylic oxidation sites excluding steroid dienone is 1. The Morgan fingerprint density at radius 2 is 1.77 bits per heavy atom. The number of anilines is 2. The smallest absolute Gasteiger partial charge is 0.298 e. The van der Waals surface area contributed by atoms with Crippen LogP contribution in [0, 0.1) is 6.92 Å². The van der Waals surface area contributed by atoms with Crippen molar-refractivity contribution in [3.63, 3.8) is 0 Å². The topological polar surface area (TPSA) is 40.6 Å². The van der Waals surface area contributed by atoms with E-state index in [2.05, 4.69) is 57.7 Å². The normalized spacial score (nSPS) is 19.1. The lowest BCUT2D eigenvalue weighted by atomic mass is 9.86. The summed E-state index contributed by atoms with van der Waals surface area (Å²) in [4.78, 5) is 29.7. The highest BCUT2D eigenvalue weighted by molar-refractivity contribution is 8.19. The van der Waals surface area contributed by atoms with Crippen LogP contribution in [0.1, 0.15) is 50.8 Å². The first-order chi connectivity index (χ1) is 14.7. The van der Waals surface area contributed by atoms with Crippen molar-refractivity contribution in [2.45, 2.75) is 46.6 Å². The van der Waals surface area contributed by atoms with Gasteiger partial charge in [-0.25, -0.2) is 4.90 Å². The van der Waals surface area contributed by atoms with Gasteiger partial charge in [-0.05, 0) is 92.9 Å². The van der Waals surface area contributed by atoms with Crippen molar-refractivity contribution in [1.29, 1.82) is 0 Å². The highest BCUT2D eigenvalue weighted by atomic mass is 32.2. The average molecular weight is 433 g/mol. The van der Waals surface area contributed by atoms with Gasteiger partial charge in [0.2, 0.25) is 0 Å². The number of para-hydroxylation sites is 1. The maximum absolute atomic E-state index is 13.0. The third kappa shape index (κ3) is 3.83. The molecule has 1 saturated heterocycles. The van der Waals surface area contributed by atoms with E-state index in [9.17, 15) is 9.59 Å². The summed E-state index contributed by atoms with van der Waals surface area (Å²) in [7, 11) is 0. The van der Waals surface area contributed by atoms with Crippen molar-refractivity contribution in [2.75, 3.05) is 16.3 Å². The quantitative estimate of drug-likeness (QED) is 0.507. The summed E-state index contributed by atoms with van der Waals surface area (Å²) < 4.78 is 0. The summed E-state index contributed by atoms with van der Waals surface area (Å²) in [5.74, 6) is -0.265. The van der Waals surface area contributed by atoms with Gasteiger partial charge in [-0.2, -0.15) is 0 Å². The number of nitrogens with zero attached hydrogens (tertiary/aromatic N) is 2. The molecule has 4 nitrogen and oxygen atoms in total. The van der Waals surface area contributed by atoms with Gasteiger partial charge in [0.15, 0.2) is 0 Å². The maximum atomic E-state index is 13.0. The number of carbonyl (C=O) groups is 2. The Morgan fingerprint density at radius 1 is 1.06 bits per heavy atom. The number of hydrogen-bond donors (Lipinski definition) is 0. The minimum atomic E-state index is -0.265. The highest BCUT2D eigenvalue weighted by Crippen LogP contribution is 2.42. The zero-order valence-electron chi connectivity index (χ0n) is 18.7. The molecule has 0 aromatic heterocycles. The van der Waals surface area contributed by atoms with Gasteiger partial charge in [0.1, 0.15) is 0 Å². The summed E-state index contributed by atoms with van der Waals surface area (Å²) in [6, 6.07) is 13.5. The molecule has 2 heterocycles. The van der Waals surface area contributed by atoms with E-state index in [1.807, 2.05) is 24.3 Å². The number of aryl methyl sites for hydroxylation is 1. The Kier molecular flexibility index (Phi) is 5.56. The van der Waals surface area contributed by atoms with E-state index in [0.717, 1.165) is 35.9 Å². The van der Waals surface area contributed by atoms with Crippen LogP contribution in [0.2, 0.25) is 0 Å². The van der Waals surface area contributed by atoms with E-state index in [4.69, 9.17) is 0 Å². The molecule has 2 aromatic rings. The number of imide groups is 1. The monoisotopic (exact) mass is 432 g/mol. The minimum absolute atomic E-state index is 0.0423. The van der Waals surface area contributed by atoms with Gasteiger partial charge in [0.05, 0.1) is 16.1 Å². The molecule has 5 heteroatoms. The van der Waals surface area contributed by atoms with E-state index >= 15 is 0 Å². The van der Waals surface area contributed by atoms with Crippen molar-refractivity contribution in [3.05, 3.63) is 70.1 Å². The fourth-order valence-electron chi connectivity index (χ4n) is 4.44. The van der Waals surface area contributed by atoms with Crippen LogP contribution >= 0.6 is 11.8 Å². The SMILES string of the molecule is CCCN1c2cc(C)c(/C=C3/SC(=O)N(c4ccccc4)C3=O)cc2C(C)=CC1(C)C. The Bertz CT molecular complexity index is 1120. The largest absolute Gasteiger partial charge is 0.362 e. The summed E-state index contributed by atoms with van der Waals surface area (Å²) >= 11 is 1.00. The molecule has 2 aromatic carbocycles. The van der Waals surface area contributed by atoms with E-state index < -0.39 is 0 Å². The second-order valence-corrected chi connectivity index (χ2v) is 9.70. The number of amides is 2. The summed E-state index contributed by atoms with van der Waals surface area (Å²) in [5.41, 5.74) is 6.29. The molecular weight excluding hydrogens is 404 g/mol. The number of benzene rings is 2. The van der Waals surface area contributed by atoms with Crippen molar-refractivity contribution in [1.82, 2.24) is 0 Å². The Morgan fingerprint density at radius 3 is 2.45 bits per heavy atom. The second kappa shape index (κ2) is 8.04. The Balaban J connectivity index is 1.74. The zero-order chi connectivity index (χ0) is 22.3. The lowest BCUT2D eigenvalue weighted by Gasteiger charge is -2.43. The molecular formula is C26H28N2O2S. The molecule has 0 atom stereocenters. The van der Waals surface area contributed by atoms with E-state index in [1.165, 1.54) is 21.7 Å². The number of carbonyl (C=O) groups excluding carboxylic acids is 2. The molecule has 0 spiro atoms. The molecule has 0 N–H and O–H groups in total. The van der Waals surface area contributed by atoms with Crippen LogP contribution in [0.5, 0.6) is 0 Å². The van der Waals surface area contributed by atoms with Crippen molar-refractivity contribution in [3.8, 4) is 0 Å². The van der Waals surface area contributed by atoms with Gasteiger partial charge in [0.25, 0.3) is 11.1 Å². The first-order valence-electron chi connectivity index (χ1n) is 10.7. The average Bonchev–Trinajstić information content (AvgIpc) is 2.99. The zero-order valence-corrected chi connectivity index (χ0v) is 19.5. The third-order valence-corrected chi connectivity index (χ3v) is 6.78. The molecule has 0 unspecified atom stereocenters. The van der Waals surface area contributed by atoms with Gasteiger partial charge in [-0.15, -0.1) is 0 Å². The Hall–Kier alpha value is -2.79. The van der Waals surface area contributed by atoms with Gasteiger partial charge in [0, 0.05) is 17.8 Å². The minimum Gasteiger partial charge on any atom is -0.362 e. The fourth-order valence-corrected chi connectivity index (χ4v) is 5.27. The molecule has 2 aliphatic rings. The lowest BCUT2D eigenvalue weighted by Crippen LogP contribution is -2.45. The van der Waals surface area contributed by atoms with Crippen molar-refractivity contribution < 1.29 is 9.59 Å². The van der Waals surface area contributed by atoms with Crippen LogP contribution in [0.25, 0.3) is 11.6 Å². The molecule has 160 valence electrons. The molecule has 4 rings (SSSR count). The molecule has 2 aliphatic heterocycles. The fraction of sp³-hybridized carbons (Fsp3) is 0.308. The lowest BCUT2D eigenvalue weighted by molar-refractivity contribution is -0.113. The standard InChI is InChI=1S/C26H28N2O2S/c1-6-12-27-22-13-17(2)19(14-21(22)18(3)16-26(27,4)5)15-23-24(29)28(25(30)31-23)20-10-8-7-9-11-20/h7-11,13-16H,6,12H2,1-5H3/b23-15+. The molecule has 0 bridgehead atoms. The second-order valence-electron chi connectivity index (χ2n) is 8.71. The van der Waals surface area contributed by atoms with E-state index in [1.54, 1.807) is 12.1 Å². The summed E-state index contributed by atoms with van der Waals surface area (Å²) in [5, 5.41) is -0.259. The first-order valence-corrected chi connectivity index (χ1v) is 11.5. The van der Waals surface area contributed by atoms with Gasteiger partial charge in [-0.3, -0.25) is 9.59 Å². The predicted molar refractivity (Wildman–Crippen MR) is 131 cm³/mol. The molecule has 31 heavy (non-hydrogen) atoms. The van der Waals surface area contributed by atoms with Gasteiger partial charge in [-0.1, -0.05) is 31.2 Å². The maximum Gasteiger partial charge on any atom is 0.298 e. The number of rotatable bonds is 4. The molecule has 0 radical (unpaired) electrons. The highest BCUT2D eigenvalue weighted by Gasteiger charge is 2.36. The van der Waals surface area contributed by atoms with Crippen molar-refractivity contribution >= 4 is 45.9 Å². The van der Waals surface area contributed by atoms with E-state index in [0.29, 0.717) is 10.6 Å². The van der Waals surface area contributed by atoms with Crippen LogP contribution in [-0.4, -0.2) is 23.2 Å². The number of hydrogen-bond acceptors (Lipinski definition) is 4. The van der Waals surface area contributed by atoms with Crippen LogP contribution < -0.4 is 9.80 Å². The van der Waals surface area contributed by atoms with Crippen molar-refractivity contribution in [2.24, 2.45) is 0 Å². The molecule has 2 amide bonds. The Labute approximate surface area is 188 Å². The number of thioether (sulfide) groups is 1. The molecule has 0 saturated carbocycles. The summed E-state index contributed by atoms with van der Waals surface area (Å²) in [6.07, 6.45) is 5.25. The van der Waals surface area contributed by atoms with Gasteiger partial charge >= 0.3 is 0 Å². The van der Waals surface area contributed by atoms with Gasteiger partial charge < -0.3 is 4.90 Å². The van der Waals surface area contributed by atoms with Crippen LogP contribution in [0.3, 0.4) is 0 Å². The molecule has 0 aliphatic carbocycles. The van der Waals surface area contributed by atoms with Crippen LogP contribution in [-0.2, 0) is 4.79 Å². The molecule has 1 fully saturated rings. The number of fused-ring (bicyclic) bond motifs is 1. The summed E-state index contributed by atoms with van der Waals surface area (Å²) in [6.45, 7) is 11.9. The van der Waals surface area contributed by atoms with Crippen LogP contribution in [0.15, 0.2) is 53.4 Å². The third-order valence-electron chi connectivity index (χ3n) is 5.91. The van der Waals surface area contributed by atoms with Crippen LogP contribution in [0.4, 0.5) is 16.2 Å².